The number of anilines is 2. The molecule has 0 bridgehead atoms. The number of hydrogen-bond donors (Lipinski definition) is 1. The Morgan fingerprint density at radius 3 is 2.56 bits per heavy atom. The van der Waals surface area contributed by atoms with Crippen molar-refractivity contribution in [3.63, 3.8) is 0 Å². The van der Waals surface area contributed by atoms with Crippen molar-refractivity contribution >= 4 is 44.8 Å². The minimum absolute atomic E-state index is 0.156. The highest BCUT2D eigenvalue weighted by Crippen LogP contribution is 2.31. The molecule has 2 aromatic rings. The monoisotopic (exact) mass is 475 g/mol. The molecule has 0 aliphatic carbocycles. The van der Waals surface area contributed by atoms with E-state index in [0.717, 1.165) is 24.0 Å². The fourth-order valence-electron chi connectivity index (χ4n) is 4.20. The summed E-state index contributed by atoms with van der Waals surface area (Å²) in [7, 11) is -3.55. The Hall–Kier alpha value is -2.42. The first-order valence-corrected chi connectivity index (χ1v) is 12.6. The maximum absolute atomic E-state index is 13.0. The molecule has 9 heteroatoms. The Morgan fingerprint density at radius 2 is 1.81 bits per heavy atom. The molecule has 1 N–H and O–H groups in total. The number of amides is 2. The highest BCUT2D eigenvalue weighted by atomic mass is 35.5. The van der Waals surface area contributed by atoms with E-state index in [0.29, 0.717) is 48.7 Å². The predicted molar refractivity (Wildman–Crippen MR) is 125 cm³/mol. The van der Waals surface area contributed by atoms with Gasteiger partial charge in [0.1, 0.15) is 6.54 Å². The van der Waals surface area contributed by atoms with Crippen LogP contribution in [0, 0.1) is 6.92 Å². The molecule has 2 amide bonds. The van der Waals surface area contributed by atoms with Crippen LogP contribution in [0.25, 0.3) is 0 Å². The molecule has 1 fully saturated rings. The molecule has 7 nitrogen and oxygen atoms in total. The van der Waals surface area contributed by atoms with Crippen LogP contribution in [0.5, 0.6) is 0 Å². The number of fused-ring (bicyclic) bond motifs is 1. The van der Waals surface area contributed by atoms with Gasteiger partial charge in [-0.05, 0) is 74.1 Å². The summed E-state index contributed by atoms with van der Waals surface area (Å²) in [6.07, 6.45) is 3.22. The molecule has 2 aliphatic heterocycles. The molecular weight excluding hydrogens is 450 g/mol. The molecule has 0 radical (unpaired) electrons. The van der Waals surface area contributed by atoms with Gasteiger partial charge < -0.3 is 10.2 Å². The van der Waals surface area contributed by atoms with Gasteiger partial charge >= 0.3 is 0 Å². The number of carbonyl (C=O) groups is 2. The molecule has 4 rings (SSSR count). The summed E-state index contributed by atoms with van der Waals surface area (Å²) in [6.45, 7) is 2.77. The van der Waals surface area contributed by atoms with Crippen molar-refractivity contribution in [3.05, 3.63) is 52.5 Å². The standard InChI is InChI=1S/C23H26ClN3O4S/c1-16-7-8-18(24)14-20(16)25-22(28)15-27-21-10-9-19(13-17(21)5-4-6-23(27)29)32(30,31)26-11-2-3-12-26/h7-10,13-14H,2-6,11-12,15H2,1H3,(H,25,28). The lowest BCUT2D eigenvalue weighted by molar-refractivity contribution is -0.121. The van der Waals surface area contributed by atoms with Crippen LogP contribution in [0.4, 0.5) is 11.4 Å². The molecule has 0 atom stereocenters. The summed E-state index contributed by atoms with van der Waals surface area (Å²) in [6, 6.07) is 10.1. The first kappa shape index (κ1) is 22.8. The number of nitrogens with zero attached hydrogens (tertiary/aromatic N) is 2. The Balaban J connectivity index is 1.59. The second-order valence-corrected chi connectivity index (χ2v) is 10.6. The second kappa shape index (κ2) is 9.21. The van der Waals surface area contributed by atoms with Crippen LogP contribution in [-0.2, 0) is 26.0 Å². The third-order valence-electron chi connectivity index (χ3n) is 5.96. The first-order chi connectivity index (χ1) is 15.3. The second-order valence-electron chi connectivity index (χ2n) is 8.24. The van der Waals surface area contributed by atoms with Crippen molar-refractivity contribution in [2.45, 2.75) is 43.9 Å². The van der Waals surface area contributed by atoms with Gasteiger partial charge in [-0.1, -0.05) is 17.7 Å². The van der Waals surface area contributed by atoms with E-state index < -0.39 is 10.0 Å². The normalized spacial score (nSPS) is 17.2. The van der Waals surface area contributed by atoms with Gasteiger partial charge in [0.2, 0.25) is 21.8 Å². The minimum Gasteiger partial charge on any atom is -0.324 e. The average molecular weight is 476 g/mol. The lowest BCUT2D eigenvalue weighted by Gasteiger charge is -2.24. The number of sulfonamides is 1. The molecule has 2 aliphatic rings. The van der Waals surface area contributed by atoms with Gasteiger partial charge in [0, 0.05) is 35.9 Å². The van der Waals surface area contributed by atoms with Crippen molar-refractivity contribution in [1.29, 1.82) is 0 Å². The molecule has 0 spiro atoms. The van der Waals surface area contributed by atoms with E-state index in [9.17, 15) is 18.0 Å². The molecule has 2 aromatic carbocycles. The van der Waals surface area contributed by atoms with Crippen molar-refractivity contribution in [2.75, 3.05) is 29.9 Å². The van der Waals surface area contributed by atoms with E-state index in [1.807, 2.05) is 13.0 Å². The van der Waals surface area contributed by atoms with Crippen molar-refractivity contribution in [2.24, 2.45) is 0 Å². The van der Waals surface area contributed by atoms with Crippen LogP contribution >= 0.6 is 11.6 Å². The van der Waals surface area contributed by atoms with Crippen LogP contribution in [0.15, 0.2) is 41.3 Å². The molecular formula is C23H26ClN3O4S. The van der Waals surface area contributed by atoms with Crippen LogP contribution < -0.4 is 10.2 Å². The number of nitrogens with one attached hydrogen (secondary N) is 1. The van der Waals surface area contributed by atoms with Crippen molar-refractivity contribution in [3.8, 4) is 0 Å². The maximum Gasteiger partial charge on any atom is 0.244 e. The number of carbonyl (C=O) groups excluding carboxylic acids is 2. The summed E-state index contributed by atoms with van der Waals surface area (Å²) in [5, 5.41) is 3.33. The highest BCUT2D eigenvalue weighted by Gasteiger charge is 2.30. The van der Waals surface area contributed by atoms with Gasteiger partial charge in [-0.15, -0.1) is 0 Å². The van der Waals surface area contributed by atoms with Gasteiger partial charge in [0.15, 0.2) is 0 Å². The number of aryl methyl sites for hydroxylation is 2. The molecule has 170 valence electrons. The maximum atomic E-state index is 13.0. The zero-order chi connectivity index (χ0) is 22.9. The first-order valence-electron chi connectivity index (χ1n) is 10.7. The van der Waals surface area contributed by atoms with Crippen LogP contribution in [-0.4, -0.2) is 44.2 Å². The predicted octanol–water partition coefficient (Wildman–Crippen LogP) is 3.74. The largest absolute Gasteiger partial charge is 0.324 e. The third kappa shape index (κ3) is 4.67. The zero-order valence-electron chi connectivity index (χ0n) is 17.9. The average Bonchev–Trinajstić information content (AvgIpc) is 3.26. The Labute approximate surface area is 193 Å². The molecule has 0 saturated carbocycles. The number of halogens is 1. The molecule has 0 unspecified atom stereocenters. The SMILES string of the molecule is Cc1ccc(Cl)cc1NC(=O)CN1C(=O)CCCc2cc(S(=O)(=O)N3CCCC3)ccc21. The van der Waals surface area contributed by atoms with E-state index in [1.165, 1.54) is 15.3 Å². The number of benzene rings is 2. The van der Waals surface area contributed by atoms with E-state index in [1.54, 1.807) is 24.3 Å². The Kier molecular flexibility index (Phi) is 6.55. The van der Waals surface area contributed by atoms with Crippen LogP contribution in [0.2, 0.25) is 5.02 Å². The van der Waals surface area contributed by atoms with E-state index >= 15 is 0 Å². The summed E-state index contributed by atoms with van der Waals surface area (Å²) in [5.41, 5.74) is 2.81. The Morgan fingerprint density at radius 1 is 1.06 bits per heavy atom. The van der Waals surface area contributed by atoms with E-state index in [2.05, 4.69) is 5.32 Å². The van der Waals surface area contributed by atoms with Gasteiger partial charge in [0.25, 0.3) is 0 Å². The lowest BCUT2D eigenvalue weighted by Crippen LogP contribution is -2.38. The summed E-state index contributed by atoms with van der Waals surface area (Å²) in [4.78, 5) is 27.2. The van der Waals surface area contributed by atoms with Crippen LogP contribution in [0.1, 0.15) is 36.8 Å². The van der Waals surface area contributed by atoms with E-state index in [4.69, 9.17) is 11.6 Å². The van der Waals surface area contributed by atoms with E-state index in [-0.39, 0.29) is 23.3 Å². The van der Waals surface area contributed by atoms with Crippen molar-refractivity contribution < 1.29 is 18.0 Å². The molecule has 2 heterocycles. The number of hydrogen-bond acceptors (Lipinski definition) is 4. The highest BCUT2D eigenvalue weighted by molar-refractivity contribution is 7.89. The van der Waals surface area contributed by atoms with Gasteiger partial charge in [-0.2, -0.15) is 4.31 Å². The minimum atomic E-state index is -3.55. The van der Waals surface area contributed by atoms with Crippen molar-refractivity contribution in [1.82, 2.24) is 4.31 Å². The van der Waals surface area contributed by atoms with Gasteiger partial charge in [-0.3, -0.25) is 9.59 Å². The fraction of sp³-hybridized carbons (Fsp3) is 0.391. The zero-order valence-corrected chi connectivity index (χ0v) is 19.5. The smallest absolute Gasteiger partial charge is 0.244 e. The van der Waals surface area contributed by atoms with Gasteiger partial charge in [-0.25, -0.2) is 8.42 Å². The number of rotatable bonds is 5. The molecule has 32 heavy (non-hydrogen) atoms. The summed E-state index contributed by atoms with van der Waals surface area (Å²) < 4.78 is 27.4. The van der Waals surface area contributed by atoms with Crippen LogP contribution in [0.3, 0.4) is 0 Å². The summed E-state index contributed by atoms with van der Waals surface area (Å²) in [5.74, 6) is -0.498. The third-order valence-corrected chi connectivity index (χ3v) is 8.09. The Bertz CT molecular complexity index is 1160. The molecule has 1 saturated heterocycles. The fourth-order valence-corrected chi connectivity index (χ4v) is 5.94. The molecule has 0 aromatic heterocycles. The quantitative estimate of drug-likeness (QED) is 0.713. The summed E-state index contributed by atoms with van der Waals surface area (Å²) >= 11 is 6.03. The lowest BCUT2D eigenvalue weighted by atomic mass is 10.1. The topological polar surface area (TPSA) is 86.8 Å². The van der Waals surface area contributed by atoms with Gasteiger partial charge in [0.05, 0.1) is 4.90 Å².